The molecule has 4 aromatic rings. The van der Waals surface area contributed by atoms with E-state index >= 15 is 0 Å². The molecule has 1 aromatic heterocycles. The van der Waals surface area contributed by atoms with Crippen LogP contribution in [0.1, 0.15) is 18.1 Å². The lowest BCUT2D eigenvalue weighted by Crippen LogP contribution is -2.03. The average molecular weight is 387 g/mol. The van der Waals surface area contributed by atoms with Crippen LogP contribution in [0, 0.1) is 6.92 Å². The third kappa shape index (κ3) is 3.87. The smallest absolute Gasteiger partial charge is 0.162 e. The Morgan fingerprint density at radius 1 is 0.893 bits per heavy atom. The van der Waals surface area contributed by atoms with Crippen molar-refractivity contribution in [1.29, 1.82) is 0 Å². The van der Waals surface area contributed by atoms with Crippen molar-refractivity contribution < 1.29 is 0 Å². The number of aromatic nitrogens is 2. The van der Waals surface area contributed by atoms with E-state index in [2.05, 4.69) is 46.7 Å². The van der Waals surface area contributed by atoms with Crippen LogP contribution in [0.5, 0.6) is 0 Å². The number of anilines is 1. The molecule has 0 aliphatic carbocycles. The highest BCUT2D eigenvalue weighted by molar-refractivity contribution is 6.30. The summed E-state index contributed by atoms with van der Waals surface area (Å²) in [4.78, 5) is 9.40. The van der Waals surface area contributed by atoms with Gasteiger partial charge in [0.05, 0.1) is 11.2 Å². The lowest BCUT2D eigenvalue weighted by molar-refractivity contribution is 1.18. The number of para-hydroxylation sites is 1. The number of nitrogens with one attached hydrogen (secondary N) is 1. The lowest BCUT2D eigenvalue weighted by atomic mass is 10.1. The van der Waals surface area contributed by atoms with Crippen molar-refractivity contribution in [1.82, 2.24) is 9.97 Å². The Labute approximate surface area is 168 Å². The standard InChI is InChI=1S/C23H19ClN4/c1-15-7-9-17(10-8-15)16(2)27-28-23-20-5-3-4-6-21(20)25-22(26-23)18-11-13-19(24)14-12-18/h3-14H,1-2H3,(H,25,26,28)/b27-16-. The van der Waals surface area contributed by atoms with E-state index in [0.29, 0.717) is 16.7 Å². The van der Waals surface area contributed by atoms with Crippen LogP contribution < -0.4 is 5.43 Å². The molecule has 0 atom stereocenters. The van der Waals surface area contributed by atoms with Crippen LogP contribution in [0.25, 0.3) is 22.3 Å². The summed E-state index contributed by atoms with van der Waals surface area (Å²) in [5, 5.41) is 6.15. The quantitative estimate of drug-likeness (QED) is 0.341. The number of aryl methyl sites for hydroxylation is 1. The molecule has 0 saturated carbocycles. The van der Waals surface area contributed by atoms with Gasteiger partial charge < -0.3 is 0 Å². The van der Waals surface area contributed by atoms with Gasteiger partial charge in [0, 0.05) is 16.0 Å². The predicted molar refractivity (Wildman–Crippen MR) is 117 cm³/mol. The molecular formula is C23H19ClN4. The Morgan fingerprint density at radius 2 is 1.61 bits per heavy atom. The van der Waals surface area contributed by atoms with Crippen LogP contribution in [0.4, 0.5) is 5.82 Å². The Kier molecular flexibility index (Phi) is 5.04. The van der Waals surface area contributed by atoms with Gasteiger partial charge in [-0.2, -0.15) is 5.10 Å². The Hall–Kier alpha value is -3.24. The molecule has 4 nitrogen and oxygen atoms in total. The van der Waals surface area contributed by atoms with Gasteiger partial charge in [-0.25, -0.2) is 9.97 Å². The van der Waals surface area contributed by atoms with Crippen LogP contribution in [-0.4, -0.2) is 15.7 Å². The van der Waals surface area contributed by atoms with Gasteiger partial charge in [-0.1, -0.05) is 53.6 Å². The van der Waals surface area contributed by atoms with Gasteiger partial charge in [0.25, 0.3) is 0 Å². The van der Waals surface area contributed by atoms with Gasteiger partial charge in [-0.05, 0) is 55.8 Å². The number of hydrogen-bond donors (Lipinski definition) is 1. The largest absolute Gasteiger partial charge is 0.260 e. The van der Waals surface area contributed by atoms with E-state index in [1.54, 1.807) is 0 Å². The zero-order chi connectivity index (χ0) is 19.5. The molecule has 3 aromatic carbocycles. The monoisotopic (exact) mass is 386 g/mol. The van der Waals surface area contributed by atoms with E-state index in [1.807, 2.05) is 55.5 Å². The maximum Gasteiger partial charge on any atom is 0.162 e. The summed E-state index contributed by atoms with van der Waals surface area (Å²) in [5.74, 6) is 1.29. The van der Waals surface area contributed by atoms with Crippen molar-refractivity contribution in [2.75, 3.05) is 5.43 Å². The van der Waals surface area contributed by atoms with Crippen LogP contribution in [0.3, 0.4) is 0 Å². The van der Waals surface area contributed by atoms with E-state index in [4.69, 9.17) is 16.6 Å². The number of benzene rings is 3. The third-order valence-corrected chi connectivity index (χ3v) is 4.76. The van der Waals surface area contributed by atoms with Crippen molar-refractivity contribution in [2.45, 2.75) is 13.8 Å². The Balaban J connectivity index is 1.73. The van der Waals surface area contributed by atoms with E-state index in [-0.39, 0.29) is 0 Å². The fraction of sp³-hybridized carbons (Fsp3) is 0.0870. The molecule has 0 radical (unpaired) electrons. The second kappa shape index (κ2) is 7.79. The van der Waals surface area contributed by atoms with Crippen molar-refractivity contribution in [3.63, 3.8) is 0 Å². The van der Waals surface area contributed by atoms with Crippen molar-refractivity contribution >= 4 is 34.0 Å². The van der Waals surface area contributed by atoms with E-state index < -0.39 is 0 Å². The van der Waals surface area contributed by atoms with Gasteiger partial charge in [-0.15, -0.1) is 0 Å². The van der Waals surface area contributed by atoms with Crippen molar-refractivity contribution in [3.8, 4) is 11.4 Å². The first-order chi connectivity index (χ1) is 13.6. The number of nitrogens with zero attached hydrogens (tertiary/aromatic N) is 3. The van der Waals surface area contributed by atoms with Crippen LogP contribution in [0.2, 0.25) is 5.02 Å². The van der Waals surface area contributed by atoms with Crippen LogP contribution in [-0.2, 0) is 0 Å². The molecule has 0 fully saturated rings. The topological polar surface area (TPSA) is 50.2 Å². The molecule has 5 heteroatoms. The first-order valence-corrected chi connectivity index (χ1v) is 9.38. The minimum absolute atomic E-state index is 0.626. The zero-order valence-electron chi connectivity index (χ0n) is 15.6. The second-order valence-electron chi connectivity index (χ2n) is 6.59. The summed E-state index contributed by atoms with van der Waals surface area (Å²) in [6.07, 6.45) is 0. The normalized spacial score (nSPS) is 11.6. The molecule has 0 unspecified atom stereocenters. The fourth-order valence-corrected chi connectivity index (χ4v) is 3.01. The summed E-state index contributed by atoms with van der Waals surface area (Å²) in [6.45, 7) is 4.04. The van der Waals surface area contributed by atoms with E-state index in [9.17, 15) is 0 Å². The van der Waals surface area contributed by atoms with Crippen LogP contribution in [0.15, 0.2) is 77.9 Å². The first kappa shape index (κ1) is 18.1. The zero-order valence-corrected chi connectivity index (χ0v) is 16.4. The van der Waals surface area contributed by atoms with Gasteiger partial charge in [0.1, 0.15) is 0 Å². The average Bonchev–Trinajstić information content (AvgIpc) is 2.72. The Morgan fingerprint density at radius 3 is 2.36 bits per heavy atom. The molecule has 1 N–H and O–H groups in total. The number of hydrazone groups is 1. The molecule has 4 rings (SSSR count). The summed E-state index contributed by atoms with van der Waals surface area (Å²) in [6, 6.07) is 23.7. The number of fused-ring (bicyclic) bond motifs is 1. The summed E-state index contributed by atoms with van der Waals surface area (Å²) >= 11 is 6.01. The van der Waals surface area contributed by atoms with E-state index in [0.717, 1.165) is 27.7 Å². The molecule has 28 heavy (non-hydrogen) atoms. The summed E-state index contributed by atoms with van der Waals surface area (Å²) in [7, 11) is 0. The molecule has 0 saturated heterocycles. The fourth-order valence-electron chi connectivity index (χ4n) is 2.89. The van der Waals surface area contributed by atoms with Gasteiger partial charge in [0.15, 0.2) is 11.6 Å². The summed E-state index contributed by atoms with van der Waals surface area (Å²) in [5.41, 5.74) is 8.06. The summed E-state index contributed by atoms with van der Waals surface area (Å²) < 4.78 is 0. The number of hydrogen-bond acceptors (Lipinski definition) is 4. The van der Waals surface area contributed by atoms with Gasteiger partial charge in [-0.3, -0.25) is 5.43 Å². The van der Waals surface area contributed by atoms with Crippen molar-refractivity contribution in [3.05, 3.63) is 88.9 Å². The molecule has 0 amide bonds. The molecule has 0 bridgehead atoms. The SMILES string of the molecule is C/C(=N/Nc1nc(-c2ccc(Cl)cc2)nc2ccccc12)c1ccc(C)cc1. The number of halogens is 1. The third-order valence-electron chi connectivity index (χ3n) is 4.50. The number of rotatable bonds is 4. The Bertz CT molecular complexity index is 1150. The van der Waals surface area contributed by atoms with Gasteiger partial charge >= 0.3 is 0 Å². The van der Waals surface area contributed by atoms with Gasteiger partial charge in [0.2, 0.25) is 0 Å². The molecule has 138 valence electrons. The predicted octanol–water partition coefficient (Wildman–Crippen LogP) is 6.09. The maximum atomic E-state index is 6.01. The molecule has 0 spiro atoms. The maximum absolute atomic E-state index is 6.01. The first-order valence-electron chi connectivity index (χ1n) is 9.00. The second-order valence-corrected chi connectivity index (χ2v) is 7.03. The highest BCUT2D eigenvalue weighted by atomic mass is 35.5. The molecule has 1 heterocycles. The van der Waals surface area contributed by atoms with Crippen LogP contribution >= 0.6 is 11.6 Å². The van der Waals surface area contributed by atoms with E-state index in [1.165, 1.54) is 5.56 Å². The highest BCUT2D eigenvalue weighted by Gasteiger charge is 2.09. The molecule has 0 aliphatic rings. The van der Waals surface area contributed by atoms with Crippen molar-refractivity contribution in [2.24, 2.45) is 5.10 Å². The molecular weight excluding hydrogens is 368 g/mol. The minimum Gasteiger partial charge on any atom is -0.260 e. The highest BCUT2D eigenvalue weighted by Crippen LogP contribution is 2.25. The lowest BCUT2D eigenvalue weighted by Gasteiger charge is -2.09. The minimum atomic E-state index is 0.626. The molecule has 0 aliphatic heterocycles.